The molecule has 3 aliphatic heterocycles. The van der Waals surface area contributed by atoms with Crippen LogP contribution >= 0.6 is 0 Å². The maximum absolute atomic E-state index is 12.5. The van der Waals surface area contributed by atoms with Gasteiger partial charge in [0.15, 0.2) is 0 Å². The molecule has 24 nitrogen and oxygen atoms in total. The maximum atomic E-state index is 12.5. The highest BCUT2D eigenvalue weighted by Gasteiger charge is 2.35. The predicted molar refractivity (Wildman–Crippen MR) is 227 cm³/mol. The van der Waals surface area contributed by atoms with E-state index >= 15 is 0 Å². The number of hydroxylamine groups is 6. The lowest BCUT2D eigenvalue weighted by atomic mass is 10.2. The summed E-state index contributed by atoms with van der Waals surface area (Å²) in [4.78, 5) is 158. The van der Waals surface area contributed by atoms with E-state index in [1.807, 2.05) is 53.9 Å². The smallest absolute Gasteiger partial charge is 0.333 e. The largest absolute Gasteiger partial charge is 0.460 e. The Bertz CT molecular complexity index is 1670. The zero-order valence-electron chi connectivity index (χ0n) is 39.9. The summed E-state index contributed by atoms with van der Waals surface area (Å²) >= 11 is 0. The summed E-state index contributed by atoms with van der Waals surface area (Å²) in [6, 6.07) is 0. The molecule has 24 heteroatoms. The molecule has 372 valence electrons. The molecule has 3 aliphatic rings. The Kier molecular flexibility index (Phi) is 24.9. The molecule has 0 saturated carbocycles. The number of amides is 7. The Morgan fingerprint density at radius 1 is 0.439 bits per heavy atom. The second kappa shape index (κ2) is 28.2. The third-order valence-electron chi connectivity index (χ3n) is 8.51. The molecule has 0 atom stereocenters. The Balaban J connectivity index is 0.000000522. The highest BCUT2D eigenvalue weighted by Crippen LogP contribution is 2.16. The summed E-state index contributed by atoms with van der Waals surface area (Å²) in [5, 5.41) is 4.37. The van der Waals surface area contributed by atoms with Crippen molar-refractivity contribution < 1.29 is 81.5 Å². The monoisotopic (exact) mass is 941 g/mol. The predicted octanol–water partition coefficient (Wildman–Crippen LogP) is 0.346. The highest BCUT2D eigenvalue weighted by molar-refractivity contribution is 6.03. The minimum atomic E-state index is -0.973. The summed E-state index contributed by atoms with van der Waals surface area (Å²) in [7, 11) is 7.76. The molecule has 3 saturated heterocycles. The van der Waals surface area contributed by atoms with Crippen LogP contribution in [0.3, 0.4) is 0 Å². The first-order chi connectivity index (χ1) is 30.6. The fourth-order valence-electron chi connectivity index (χ4n) is 5.30. The lowest BCUT2D eigenvalue weighted by molar-refractivity contribution is -0.201. The molecule has 66 heavy (non-hydrogen) atoms. The van der Waals surface area contributed by atoms with Crippen LogP contribution in [0.1, 0.15) is 119 Å². The standard InChI is InChI=1S/C19H31N3O7.C12H12N2O8.C11H24N2O2/c1-19(2,3)28-17(26)10-11-21(13-12-20(4)5)14(23)8-9-18(27)29-22-15(24)6-7-16(22)25;15-7-1-2-8(16)13(7)21-11(19)5-6-12(20)22-14-9(17)3-4-10(14)18;1-11(2,3)15-10(14)6-7-12-8-9-13(4)5/h6-13H2,1-5H3;1-6H2;12H,6-9H2,1-5H3. The number of rotatable bonds is 21. The number of imide groups is 3. The average Bonchev–Trinajstić information content (AvgIpc) is 3.81. The van der Waals surface area contributed by atoms with Gasteiger partial charge in [0.25, 0.3) is 35.4 Å². The summed E-state index contributed by atoms with van der Waals surface area (Å²) in [6.07, 6.45) is -1.01. The third kappa shape index (κ3) is 25.0. The van der Waals surface area contributed by atoms with Crippen LogP contribution in [0, 0.1) is 0 Å². The lowest BCUT2D eigenvalue weighted by Gasteiger charge is -2.25. The molecular formula is C42H67N7O17. The SMILES string of the molecule is CN(C)CCN(CCC(=O)OC(C)(C)C)C(=O)CCC(=O)ON1C(=O)CCC1=O.CN(C)CCNCCC(=O)OC(C)(C)C.O=C(CCC(=O)ON1C(=O)CCC1=O)ON1C(=O)CCC1=O. The van der Waals surface area contributed by atoms with E-state index in [1.165, 1.54) is 4.90 Å². The van der Waals surface area contributed by atoms with E-state index < -0.39 is 77.8 Å². The van der Waals surface area contributed by atoms with Crippen LogP contribution in [-0.4, -0.2) is 180 Å². The van der Waals surface area contributed by atoms with Gasteiger partial charge in [-0.3, -0.25) is 43.2 Å². The summed E-state index contributed by atoms with van der Waals surface area (Å²) in [5.41, 5.74) is -0.982. The zero-order valence-corrected chi connectivity index (χ0v) is 39.9. The lowest BCUT2D eigenvalue weighted by Crippen LogP contribution is -2.39. The first kappa shape index (κ1) is 58.1. The number of esters is 2. The van der Waals surface area contributed by atoms with Crippen molar-refractivity contribution in [2.45, 2.75) is 130 Å². The molecule has 0 unspecified atom stereocenters. The second-order valence-corrected chi connectivity index (χ2v) is 17.5. The van der Waals surface area contributed by atoms with Crippen molar-refractivity contribution in [3.05, 3.63) is 0 Å². The minimum absolute atomic E-state index is 0.00796. The van der Waals surface area contributed by atoms with Gasteiger partial charge in [-0.2, -0.15) is 0 Å². The van der Waals surface area contributed by atoms with Crippen molar-refractivity contribution in [1.82, 2.24) is 35.2 Å². The molecule has 0 aromatic carbocycles. The third-order valence-corrected chi connectivity index (χ3v) is 8.51. The van der Waals surface area contributed by atoms with Gasteiger partial charge in [0.1, 0.15) is 11.2 Å². The first-order valence-corrected chi connectivity index (χ1v) is 21.5. The number of likely N-dealkylation sites (N-methyl/N-ethyl adjacent to an activating group) is 2. The van der Waals surface area contributed by atoms with Crippen LogP contribution in [0.15, 0.2) is 0 Å². The minimum Gasteiger partial charge on any atom is -0.460 e. The van der Waals surface area contributed by atoms with Crippen LogP contribution < -0.4 is 5.32 Å². The molecule has 3 fully saturated rings. The van der Waals surface area contributed by atoms with Crippen LogP contribution in [0.2, 0.25) is 0 Å². The quantitative estimate of drug-likeness (QED) is 0.0923. The fraction of sp³-hybridized carbons (Fsp3) is 0.714. The Labute approximate surface area is 384 Å². The van der Waals surface area contributed by atoms with Crippen LogP contribution in [0.5, 0.6) is 0 Å². The molecule has 0 bridgehead atoms. The summed E-state index contributed by atoms with van der Waals surface area (Å²) < 4.78 is 10.4. The van der Waals surface area contributed by atoms with Gasteiger partial charge in [-0.25, -0.2) is 14.4 Å². The van der Waals surface area contributed by atoms with Crippen molar-refractivity contribution >= 4 is 71.2 Å². The van der Waals surface area contributed by atoms with Gasteiger partial charge >= 0.3 is 29.8 Å². The van der Waals surface area contributed by atoms with Gasteiger partial charge in [-0.1, -0.05) is 0 Å². The number of carbonyl (C=O) groups is 12. The van der Waals surface area contributed by atoms with E-state index in [4.69, 9.17) is 14.3 Å². The summed E-state index contributed by atoms with van der Waals surface area (Å²) in [5.74, 6) is -7.32. The molecule has 3 heterocycles. The van der Waals surface area contributed by atoms with Crippen molar-refractivity contribution in [2.75, 3.05) is 67.5 Å². The number of carbonyl (C=O) groups excluding carboxylic acids is 12. The van der Waals surface area contributed by atoms with Crippen LogP contribution in [0.4, 0.5) is 0 Å². The molecule has 0 radical (unpaired) electrons. The topological polar surface area (TPSA) is 282 Å². The molecule has 3 rings (SSSR count). The van der Waals surface area contributed by atoms with Gasteiger partial charge in [-0.05, 0) is 69.7 Å². The van der Waals surface area contributed by atoms with Crippen molar-refractivity contribution in [3.63, 3.8) is 0 Å². The van der Waals surface area contributed by atoms with E-state index in [-0.39, 0.29) is 81.8 Å². The van der Waals surface area contributed by atoms with Gasteiger partial charge in [0.05, 0.1) is 32.1 Å². The van der Waals surface area contributed by atoms with E-state index in [0.717, 1.165) is 13.1 Å². The molecule has 0 aromatic rings. The zero-order chi connectivity index (χ0) is 50.4. The Hall–Kier alpha value is -5.88. The van der Waals surface area contributed by atoms with E-state index in [1.54, 1.807) is 20.8 Å². The molecule has 7 amide bonds. The van der Waals surface area contributed by atoms with Crippen molar-refractivity contribution in [3.8, 4) is 0 Å². The molecule has 0 aliphatic carbocycles. The number of hydrogen-bond donors (Lipinski definition) is 1. The van der Waals surface area contributed by atoms with E-state index in [0.29, 0.717) is 41.2 Å². The van der Waals surface area contributed by atoms with Gasteiger partial charge in [-0.15, -0.1) is 15.2 Å². The first-order valence-electron chi connectivity index (χ1n) is 21.5. The molecular weight excluding hydrogens is 874 g/mol. The highest BCUT2D eigenvalue weighted by atomic mass is 16.7. The Morgan fingerprint density at radius 3 is 1.11 bits per heavy atom. The molecule has 1 N–H and O–H groups in total. The van der Waals surface area contributed by atoms with Crippen molar-refractivity contribution in [2.24, 2.45) is 0 Å². The molecule has 0 spiro atoms. The summed E-state index contributed by atoms with van der Waals surface area (Å²) in [6.45, 7) is 14.6. The van der Waals surface area contributed by atoms with Gasteiger partial charge in [0.2, 0.25) is 5.91 Å². The van der Waals surface area contributed by atoms with Crippen molar-refractivity contribution in [1.29, 1.82) is 0 Å². The Morgan fingerprint density at radius 2 is 0.773 bits per heavy atom. The van der Waals surface area contributed by atoms with E-state index in [9.17, 15) is 57.5 Å². The fourth-order valence-corrected chi connectivity index (χ4v) is 5.30. The normalized spacial score (nSPS) is 15.1. The number of nitrogens with one attached hydrogen (secondary N) is 1. The number of nitrogens with zero attached hydrogens (tertiary/aromatic N) is 6. The molecule has 0 aromatic heterocycles. The number of ether oxygens (including phenoxy) is 2. The second-order valence-electron chi connectivity index (χ2n) is 17.5. The van der Waals surface area contributed by atoms with Crippen LogP contribution in [-0.2, 0) is 81.5 Å². The van der Waals surface area contributed by atoms with Crippen LogP contribution in [0.25, 0.3) is 0 Å². The van der Waals surface area contributed by atoms with Gasteiger partial charge < -0.3 is 44.0 Å². The van der Waals surface area contributed by atoms with E-state index in [2.05, 4.69) is 19.9 Å². The maximum Gasteiger partial charge on any atom is 0.333 e. The number of hydrogen-bond acceptors (Lipinski definition) is 20. The van der Waals surface area contributed by atoms with Gasteiger partial charge in [0, 0.05) is 84.2 Å². The average molecular weight is 942 g/mol.